The van der Waals surface area contributed by atoms with Crippen LogP contribution in [0.4, 0.5) is 0 Å². The number of benzene rings is 4. The van der Waals surface area contributed by atoms with Crippen molar-refractivity contribution >= 4 is 75.7 Å². The van der Waals surface area contributed by atoms with Gasteiger partial charge in [-0.3, -0.25) is 0 Å². The molecule has 7 nitrogen and oxygen atoms in total. The molecule has 42 heavy (non-hydrogen) atoms. The molecule has 0 aliphatic heterocycles. The largest absolute Gasteiger partial charge is 0.463 e. The maximum atomic E-state index is 12.1. The summed E-state index contributed by atoms with van der Waals surface area (Å²) in [6.45, 7) is 4.95. The highest BCUT2D eigenvalue weighted by molar-refractivity contribution is 7.36. The quantitative estimate of drug-likeness (QED) is 0.0993. The van der Waals surface area contributed by atoms with Crippen LogP contribution in [-0.4, -0.2) is 25.2 Å². The Morgan fingerprint density at radius 1 is 0.714 bits per heavy atom. The Morgan fingerprint density at radius 2 is 1.17 bits per heavy atom. The zero-order chi connectivity index (χ0) is 29.5. The fourth-order valence-electron chi connectivity index (χ4n) is 4.80. The van der Waals surface area contributed by atoms with E-state index in [4.69, 9.17) is 23.4 Å². The summed E-state index contributed by atoms with van der Waals surface area (Å²) in [6.07, 6.45) is 10.1. The summed E-state index contributed by atoms with van der Waals surface area (Å²) in [7, 11) is -1.68. The monoisotopic (exact) mass is 583 g/mol. The second-order valence-corrected chi connectivity index (χ2v) is 11.0. The number of fused-ring (bicyclic) bond motifs is 7. The highest BCUT2D eigenvalue weighted by Crippen LogP contribution is 2.39. The van der Waals surface area contributed by atoms with Gasteiger partial charge in [0.05, 0.1) is 13.2 Å². The van der Waals surface area contributed by atoms with Gasteiger partial charge in [-0.15, -0.1) is 0 Å². The first kappa shape index (κ1) is 29.2. The van der Waals surface area contributed by atoms with E-state index >= 15 is 0 Å². The van der Waals surface area contributed by atoms with Gasteiger partial charge in [-0.2, -0.15) is 0 Å². The molecule has 0 aliphatic rings. The summed E-state index contributed by atoms with van der Waals surface area (Å²) >= 11 is 0. The number of nitrogens with two attached hydrogens (primary N) is 1. The van der Waals surface area contributed by atoms with E-state index in [1.54, 1.807) is 12.2 Å². The van der Waals surface area contributed by atoms with Crippen molar-refractivity contribution in [2.24, 2.45) is 0 Å². The lowest BCUT2D eigenvalue weighted by atomic mass is 9.96. The molecule has 0 bridgehead atoms. The van der Waals surface area contributed by atoms with Gasteiger partial charge >= 0.3 is 20.1 Å². The normalized spacial score (nSPS) is 11.8. The number of unbranched alkanes of at least 4 members (excludes halogenated alkanes) is 2. The number of ether oxygens (including phenoxy) is 2. The van der Waals surface area contributed by atoms with Crippen LogP contribution in [0.15, 0.2) is 81.2 Å². The molecule has 0 radical (unpaired) electrons. The van der Waals surface area contributed by atoms with E-state index in [9.17, 15) is 9.59 Å². The van der Waals surface area contributed by atoms with Gasteiger partial charge in [0, 0.05) is 22.9 Å². The number of nitrogen functional groups attached to an aromatic ring is 1. The van der Waals surface area contributed by atoms with Crippen LogP contribution >= 0.6 is 8.16 Å². The second kappa shape index (κ2) is 13.6. The maximum Gasteiger partial charge on any atom is 0.330 e. The second-order valence-electron chi connectivity index (χ2n) is 10.0. The van der Waals surface area contributed by atoms with E-state index in [2.05, 4.69) is 13.8 Å². The van der Waals surface area contributed by atoms with Crippen molar-refractivity contribution in [2.45, 2.75) is 39.5 Å². The predicted octanol–water partition coefficient (Wildman–Crippen LogP) is 9.02. The van der Waals surface area contributed by atoms with Crippen molar-refractivity contribution < 1.29 is 27.5 Å². The first-order valence-electron chi connectivity index (χ1n) is 14.2. The molecule has 1 aromatic heterocycles. The molecule has 4 aromatic carbocycles. The third-order valence-electron chi connectivity index (χ3n) is 6.95. The third kappa shape index (κ3) is 6.76. The molecule has 216 valence electrons. The van der Waals surface area contributed by atoms with Crippen molar-refractivity contribution in [2.75, 3.05) is 18.7 Å². The van der Waals surface area contributed by atoms with Crippen LogP contribution in [0.3, 0.4) is 0 Å². The molecule has 0 spiro atoms. The summed E-state index contributed by atoms with van der Waals surface area (Å²) in [5.41, 5.74) is 9.28. The lowest BCUT2D eigenvalue weighted by Crippen LogP contribution is -2.01. The van der Waals surface area contributed by atoms with Gasteiger partial charge in [-0.1, -0.05) is 63.1 Å². The minimum absolute atomic E-state index is 0.352. The van der Waals surface area contributed by atoms with E-state index in [1.165, 1.54) is 12.2 Å². The minimum Gasteiger partial charge on any atom is -0.463 e. The zero-order valence-electron chi connectivity index (χ0n) is 23.8. The first-order chi connectivity index (χ1) is 20.5. The molecule has 8 heteroatoms. The van der Waals surface area contributed by atoms with Gasteiger partial charge in [0.1, 0.15) is 11.2 Å². The van der Waals surface area contributed by atoms with Crippen molar-refractivity contribution in [3.63, 3.8) is 0 Å². The van der Waals surface area contributed by atoms with Crippen LogP contribution in [0.5, 0.6) is 0 Å². The Labute approximate surface area is 245 Å². The summed E-state index contributed by atoms with van der Waals surface area (Å²) in [4.78, 5) is 24.1. The van der Waals surface area contributed by atoms with Crippen molar-refractivity contribution in [3.8, 4) is 0 Å². The predicted molar refractivity (Wildman–Crippen MR) is 171 cm³/mol. The smallest absolute Gasteiger partial charge is 0.330 e. The summed E-state index contributed by atoms with van der Waals surface area (Å²) in [5, 5.41) is 5.67. The average Bonchev–Trinajstić information content (AvgIpc) is 3.14. The number of carbonyl (C=O) groups excluding carboxylic acids is 2. The van der Waals surface area contributed by atoms with Crippen LogP contribution in [0.25, 0.3) is 55.6 Å². The Hall–Kier alpha value is -4.32. The molecular formula is C34H34NO6P. The topological polar surface area (TPSA) is 105 Å². The molecular weight excluding hydrogens is 549 g/mol. The van der Waals surface area contributed by atoms with E-state index in [-0.39, 0.29) is 11.9 Å². The Kier molecular flexibility index (Phi) is 9.42. The Bertz CT molecular complexity index is 1740. The Balaban J connectivity index is 1.59. The average molecular weight is 584 g/mol. The lowest BCUT2D eigenvalue weighted by molar-refractivity contribution is -0.138. The van der Waals surface area contributed by atoms with Gasteiger partial charge in [-0.25, -0.2) is 15.1 Å². The summed E-state index contributed by atoms with van der Waals surface area (Å²) in [6, 6.07) is 19.8. The van der Waals surface area contributed by atoms with Crippen LogP contribution < -0.4 is 5.50 Å². The van der Waals surface area contributed by atoms with Gasteiger partial charge < -0.3 is 17.9 Å². The van der Waals surface area contributed by atoms with E-state index in [0.717, 1.165) is 69.1 Å². The molecule has 0 aliphatic carbocycles. The van der Waals surface area contributed by atoms with Crippen LogP contribution in [0.2, 0.25) is 0 Å². The molecule has 2 N–H and O–H groups in total. The van der Waals surface area contributed by atoms with Crippen molar-refractivity contribution in [3.05, 3.63) is 83.9 Å². The fourth-order valence-corrected chi connectivity index (χ4v) is 5.53. The first-order valence-corrected chi connectivity index (χ1v) is 15.5. The van der Waals surface area contributed by atoms with Gasteiger partial charge in [0.15, 0.2) is 0 Å². The SMILES string of the molecule is CCCCOC(=O)/C=C/c1ccc2c(ccc3op(N)oc4ccc5cc(/C=C/C(=O)OCCCC)ccc5c4c32)c1. The van der Waals surface area contributed by atoms with Crippen LogP contribution in [0, 0.1) is 0 Å². The fraction of sp³-hybridized carbons (Fsp3) is 0.235. The highest BCUT2D eigenvalue weighted by Gasteiger charge is 2.13. The standard InChI is InChI=1S/C34H34NO6P/c1-3-5-19-38-31(36)17-9-23-7-13-27-25(21-23)11-15-29-33(27)34-28-14-8-24(10-18-32(37)39-20-6-4-2)22-26(28)12-16-30(34)41-42(35)40-29/h7-18,21-22H,3-6,19-20,35H2,1-2H3/b17-9+,18-10+. The molecule has 5 rings (SSSR count). The van der Waals surface area contributed by atoms with Crippen molar-refractivity contribution in [1.29, 1.82) is 0 Å². The lowest BCUT2D eigenvalue weighted by Gasteiger charge is -2.07. The van der Waals surface area contributed by atoms with Crippen LogP contribution in [-0.2, 0) is 19.1 Å². The van der Waals surface area contributed by atoms with Crippen LogP contribution in [0.1, 0.15) is 50.7 Å². The summed E-state index contributed by atoms with van der Waals surface area (Å²) in [5.74, 6) is -0.703. The highest BCUT2D eigenvalue weighted by atomic mass is 31.1. The van der Waals surface area contributed by atoms with Gasteiger partial charge in [0.2, 0.25) is 0 Å². The number of esters is 2. The molecule has 0 atom stereocenters. The number of hydrogen-bond donors (Lipinski definition) is 1. The van der Waals surface area contributed by atoms with E-state index in [0.29, 0.717) is 24.4 Å². The van der Waals surface area contributed by atoms with E-state index < -0.39 is 8.16 Å². The molecule has 0 fully saturated rings. The van der Waals surface area contributed by atoms with Gasteiger partial charge in [-0.05, 0) is 81.9 Å². The molecule has 0 saturated carbocycles. The minimum atomic E-state index is -1.68. The molecule has 1 heterocycles. The van der Waals surface area contributed by atoms with E-state index in [1.807, 2.05) is 60.7 Å². The van der Waals surface area contributed by atoms with Crippen molar-refractivity contribution in [1.82, 2.24) is 0 Å². The summed E-state index contributed by atoms with van der Waals surface area (Å²) < 4.78 is 22.6. The molecule has 0 saturated heterocycles. The Morgan fingerprint density at radius 3 is 1.60 bits per heavy atom. The zero-order valence-corrected chi connectivity index (χ0v) is 24.7. The van der Waals surface area contributed by atoms with Gasteiger partial charge in [0.25, 0.3) is 0 Å². The number of rotatable bonds is 10. The molecule has 5 aromatic rings. The molecule has 0 amide bonds. The third-order valence-corrected chi connectivity index (χ3v) is 7.70. The molecule has 0 unspecified atom stereocenters. The number of carbonyl (C=O) groups is 2. The number of hydrogen-bond acceptors (Lipinski definition) is 7. The maximum absolute atomic E-state index is 12.1.